The SMILES string of the molecule is CC(C)c1nc2ccc(C(=O)NCCCO)cc2[nH]1. The molecule has 2 aromatic rings. The van der Waals surface area contributed by atoms with Gasteiger partial charge in [-0.1, -0.05) is 13.8 Å². The number of nitrogens with zero attached hydrogens (tertiary/aromatic N) is 1. The maximum atomic E-state index is 11.9. The summed E-state index contributed by atoms with van der Waals surface area (Å²) in [6.07, 6.45) is 0.565. The van der Waals surface area contributed by atoms with Gasteiger partial charge in [0.25, 0.3) is 5.91 Å². The standard InChI is InChI=1S/C14H19N3O2/c1-9(2)13-16-11-5-4-10(8-12(11)17-13)14(19)15-6-3-7-18/h4-5,8-9,18H,3,6-7H2,1-2H3,(H,15,19)(H,16,17). The highest BCUT2D eigenvalue weighted by atomic mass is 16.3. The van der Waals surface area contributed by atoms with Crippen molar-refractivity contribution in [3.05, 3.63) is 29.6 Å². The molecule has 1 aromatic carbocycles. The van der Waals surface area contributed by atoms with E-state index in [0.29, 0.717) is 24.4 Å². The van der Waals surface area contributed by atoms with Gasteiger partial charge in [0, 0.05) is 24.6 Å². The number of amides is 1. The minimum Gasteiger partial charge on any atom is -0.396 e. The third kappa shape index (κ3) is 3.12. The van der Waals surface area contributed by atoms with Gasteiger partial charge in [-0.05, 0) is 24.6 Å². The van der Waals surface area contributed by atoms with Crippen molar-refractivity contribution in [3.63, 3.8) is 0 Å². The summed E-state index contributed by atoms with van der Waals surface area (Å²) in [7, 11) is 0. The molecule has 0 aliphatic rings. The number of nitrogens with one attached hydrogen (secondary N) is 2. The van der Waals surface area contributed by atoms with Crippen LogP contribution >= 0.6 is 0 Å². The Morgan fingerprint density at radius 2 is 2.26 bits per heavy atom. The number of hydrogen-bond donors (Lipinski definition) is 3. The fraction of sp³-hybridized carbons (Fsp3) is 0.429. The lowest BCUT2D eigenvalue weighted by Crippen LogP contribution is -2.24. The highest BCUT2D eigenvalue weighted by Crippen LogP contribution is 2.18. The van der Waals surface area contributed by atoms with Gasteiger partial charge in [-0.25, -0.2) is 4.98 Å². The topological polar surface area (TPSA) is 78.0 Å². The highest BCUT2D eigenvalue weighted by molar-refractivity contribution is 5.97. The molecule has 0 radical (unpaired) electrons. The number of aromatic amines is 1. The molecule has 1 heterocycles. The number of H-pyrrole nitrogens is 1. The predicted octanol–water partition coefficient (Wildman–Crippen LogP) is 1.80. The van der Waals surface area contributed by atoms with E-state index in [1.807, 2.05) is 12.1 Å². The predicted molar refractivity (Wildman–Crippen MR) is 74.2 cm³/mol. The molecule has 0 spiro atoms. The van der Waals surface area contributed by atoms with E-state index < -0.39 is 0 Å². The van der Waals surface area contributed by atoms with Crippen LogP contribution in [0.15, 0.2) is 18.2 Å². The van der Waals surface area contributed by atoms with Crippen LogP contribution in [0.3, 0.4) is 0 Å². The summed E-state index contributed by atoms with van der Waals surface area (Å²) in [5.74, 6) is 1.12. The van der Waals surface area contributed by atoms with Gasteiger partial charge in [0.2, 0.25) is 0 Å². The maximum absolute atomic E-state index is 11.9. The summed E-state index contributed by atoms with van der Waals surface area (Å²) in [6.45, 7) is 4.70. The first kappa shape index (κ1) is 13.5. The van der Waals surface area contributed by atoms with E-state index in [1.54, 1.807) is 6.07 Å². The zero-order valence-electron chi connectivity index (χ0n) is 11.2. The number of carbonyl (C=O) groups is 1. The summed E-state index contributed by atoms with van der Waals surface area (Å²) in [4.78, 5) is 19.6. The van der Waals surface area contributed by atoms with E-state index in [2.05, 4.69) is 29.1 Å². The first-order valence-corrected chi connectivity index (χ1v) is 6.50. The van der Waals surface area contributed by atoms with Crippen LogP contribution in [0.25, 0.3) is 11.0 Å². The van der Waals surface area contributed by atoms with E-state index in [1.165, 1.54) is 0 Å². The molecule has 0 saturated heterocycles. The van der Waals surface area contributed by atoms with E-state index in [-0.39, 0.29) is 12.5 Å². The molecule has 5 heteroatoms. The summed E-state index contributed by atoms with van der Waals surface area (Å²) in [5.41, 5.74) is 2.35. The Balaban J connectivity index is 2.18. The number of carbonyl (C=O) groups excluding carboxylic acids is 1. The third-order valence-electron chi connectivity index (χ3n) is 2.93. The summed E-state index contributed by atoms with van der Waals surface area (Å²) < 4.78 is 0. The van der Waals surface area contributed by atoms with Gasteiger partial charge in [0.15, 0.2) is 0 Å². The Kier molecular flexibility index (Phi) is 4.16. The van der Waals surface area contributed by atoms with E-state index >= 15 is 0 Å². The summed E-state index contributed by atoms with van der Waals surface area (Å²) in [5, 5.41) is 11.4. The van der Waals surface area contributed by atoms with Crippen LogP contribution in [-0.2, 0) is 0 Å². The van der Waals surface area contributed by atoms with Gasteiger partial charge in [-0.15, -0.1) is 0 Å². The van der Waals surface area contributed by atoms with E-state index in [9.17, 15) is 4.79 Å². The molecule has 102 valence electrons. The normalized spacial score (nSPS) is 11.2. The molecule has 1 amide bonds. The smallest absolute Gasteiger partial charge is 0.251 e. The number of aliphatic hydroxyl groups is 1. The van der Waals surface area contributed by atoms with Crippen molar-refractivity contribution in [3.8, 4) is 0 Å². The van der Waals surface area contributed by atoms with Gasteiger partial charge in [-0.2, -0.15) is 0 Å². The Morgan fingerprint density at radius 3 is 2.95 bits per heavy atom. The molecule has 2 rings (SSSR count). The van der Waals surface area contributed by atoms with Crippen molar-refractivity contribution in [2.24, 2.45) is 0 Å². The molecule has 19 heavy (non-hydrogen) atoms. The van der Waals surface area contributed by atoms with Crippen molar-refractivity contribution < 1.29 is 9.90 Å². The Labute approximate surface area is 112 Å². The Bertz CT molecular complexity index is 575. The van der Waals surface area contributed by atoms with Gasteiger partial charge in [0.1, 0.15) is 5.82 Å². The fourth-order valence-corrected chi connectivity index (χ4v) is 1.83. The number of hydrogen-bond acceptors (Lipinski definition) is 3. The first-order chi connectivity index (χ1) is 9.11. The Hall–Kier alpha value is -1.88. The molecule has 0 atom stereocenters. The molecule has 1 aromatic heterocycles. The molecule has 0 unspecified atom stereocenters. The van der Waals surface area contributed by atoms with Gasteiger partial charge in [0.05, 0.1) is 11.0 Å². The van der Waals surface area contributed by atoms with Gasteiger partial charge < -0.3 is 15.4 Å². The minimum atomic E-state index is -0.129. The molecule has 0 aliphatic heterocycles. The molecule has 0 aliphatic carbocycles. The van der Waals surface area contributed by atoms with E-state index in [4.69, 9.17) is 5.11 Å². The zero-order chi connectivity index (χ0) is 13.8. The summed E-state index contributed by atoms with van der Waals surface area (Å²) in [6, 6.07) is 5.42. The lowest BCUT2D eigenvalue weighted by molar-refractivity contribution is 0.0951. The summed E-state index contributed by atoms with van der Waals surface area (Å²) >= 11 is 0. The number of rotatable bonds is 5. The zero-order valence-corrected chi connectivity index (χ0v) is 11.2. The van der Waals surface area contributed by atoms with E-state index in [0.717, 1.165) is 16.9 Å². The van der Waals surface area contributed by atoms with Crippen LogP contribution in [0.2, 0.25) is 0 Å². The van der Waals surface area contributed by atoms with Crippen LogP contribution in [0.4, 0.5) is 0 Å². The van der Waals surface area contributed by atoms with Crippen molar-refractivity contribution >= 4 is 16.9 Å². The average Bonchev–Trinajstić information content (AvgIpc) is 2.81. The maximum Gasteiger partial charge on any atom is 0.251 e. The monoisotopic (exact) mass is 261 g/mol. The first-order valence-electron chi connectivity index (χ1n) is 6.50. The fourth-order valence-electron chi connectivity index (χ4n) is 1.83. The number of imidazole rings is 1. The number of aliphatic hydroxyl groups excluding tert-OH is 1. The van der Waals surface area contributed by atoms with Gasteiger partial charge >= 0.3 is 0 Å². The second kappa shape index (κ2) is 5.84. The van der Waals surface area contributed by atoms with Crippen molar-refractivity contribution in [1.29, 1.82) is 0 Å². The molecule has 5 nitrogen and oxygen atoms in total. The van der Waals surface area contributed by atoms with Gasteiger partial charge in [-0.3, -0.25) is 4.79 Å². The quantitative estimate of drug-likeness (QED) is 0.718. The number of aromatic nitrogens is 2. The largest absolute Gasteiger partial charge is 0.396 e. The third-order valence-corrected chi connectivity index (χ3v) is 2.93. The molecular formula is C14H19N3O2. The molecular weight excluding hydrogens is 242 g/mol. The molecule has 0 saturated carbocycles. The van der Waals surface area contributed by atoms with Crippen LogP contribution in [-0.4, -0.2) is 34.1 Å². The Morgan fingerprint density at radius 1 is 1.47 bits per heavy atom. The van der Waals surface area contributed by atoms with Crippen LogP contribution in [0.5, 0.6) is 0 Å². The second-order valence-corrected chi connectivity index (χ2v) is 4.84. The second-order valence-electron chi connectivity index (χ2n) is 4.84. The van der Waals surface area contributed by atoms with Crippen LogP contribution in [0, 0.1) is 0 Å². The highest BCUT2D eigenvalue weighted by Gasteiger charge is 2.10. The molecule has 0 fully saturated rings. The molecule has 3 N–H and O–H groups in total. The minimum absolute atomic E-state index is 0.0810. The lowest BCUT2D eigenvalue weighted by atomic mass is 10.2. The lowest BCUT2D eigenvalue weighted by Gasteiger charge is -2.03. The number of fused-ring (bicyclic) bond motifs is 1. The van der Waals surface area contributed by atoms with Crippen molar-refractivity contribution in [2.75, 3.05) is 13.2 Å². The molecule has 0 bridgehead atoms. The average molecular weight is 261 g/mol. The van der Waals surface area contributed by atoms with Crippen molar-refractivity contribution in [2.45, 2.75) is 26.2 Å². The van der Waals surface area contributed by atoms with Crippen LogP contribution in [0.1, 0.15) is 42.4 Å². The van der Waals surface area contributed by atoms with Crippen molar-refractivity contribution in [1.82, 2.24) is 15.3 Å². The van der Waals surface area contributed by atoms with Crippen LogP contribution < -0.4 is 5.32 Å². The number of benzene rings is 1.